The van der Waals surface area contributed by atoms with Crippen molar-refractivity contribution in [2.75, 3.05) is 19.7 Å². The quantitative estimate of drug-likeness (QED) is 0.369. The molecule has 1 N–H and O–H groups in total. The van der Waals surface area contributed by atoms with Gasteiger partial charge < -0.3 is 10.1 Å². The minimum absolute atomic E-state index is 0.0241. The van der Waals surface area contributed by atoms with Crippen molar-refractivity contribution in [1.29, 1.82) is 0 Å². The van der Waals surface area contributed by atoms with Crippen LogP contribution in [0, 0.1) is 23.4 Å². The third-order valence-corrected chi connectivity index (χ3v) is 6.29. The van der Waals surface area contributed by atoms with Crippen molar-refractivity contribution in [2.45, 2.75) is 58.0 Å². The van der Waals surface area contributed by atoms with E-state index in [1.165, 1.54) is 69.0 Å². The molecule has 0 saturated carbocycles. The Bertz CT molecular complexity index is 761. The maximum Gasteiger partial charge on any atom is 0.195 e. The van der Waals surface area contributed by atoms with Crippen LogP contribution in [0.1, 0.15) is 57.1 Å². The van der Waals surface area contributed by atoms with Gasteiger partial charge in [0.25, 0.3) is 0 Å². The fourth-order valence-electron chi connectivity index (χ4n) is 3.69. The Balaban J connectivity index is 1.30. The normalized spacial score (nSPS) is 17.4. The van der Waals surface area contributed by atoms with Crippen LogP contribution in [0.25, 0.3) is 10.6 Å². The number of rotatable bonds is 10. The van der Waals surface area contributed by atoms with Gasteiger partial charge in [-0.05, 0) is 56.8 Å². The summed E-state index contributed by atoms with van der Waals surface area (Å²) < 4.78 is 46.0. The fraction of sp³-hybridized carbons (Fsp3) is 0.591. The molecular weight excluding hydrogens is 397 g/mol. The van der Waals surface area contributed by atoms with Gasteiger partial charge >= 0.3 is 0 Å². The second-order valence-corrected chi connectivity index (χ2v) is 8.55. The lowest BCUT2D eigenvalue weighted by Crippen LogP contribution is -2.20. The topological polar surface area (TPSA) is 34.1 Å². The van der Waals surface area contributed by atoms with Crippen molar-refractivity contribution >= 4 is 11.3 Å². The Hall–Kier alpha value is -1.44. The van der Waals surface area contributed by atoms with Gasteiger partial charge in [-0.25, -0.2) is 18.2 Å². The summed E-state index contributed by atoms with van der Waals surface area (Å²) in [5.41, 5.74) is 0.652. The molecule has 29 heavy (non-hydrogen) atoms. The van der Waals surface area contributed by atoms with E-state index in [9.17, 15) is 13.2 Å². The molecule has 0 amide bonds. The van der Waals surface area contributed by atoms with Gasteiger partial charge in [-0.2, -0.15) is 0 Å². The third kappa shape index (κ3) is 6.79. The van der Waals surface area contributed by atoms with Gasteiger partial charge in [0, 0.05) is 17.6 Å². The lowest BCUT2D eigenvalue weighted by molar-refractivity contribution is 0.114. The summed E-state index contributed by atoms with van der Waals surface area (Å²) in [5, 5.41) is 5.61. The minimum atomic E-state index is -1.47. The van der Waals surface area contributed by atoms with Gasteiger partial charge in [-0.3, -0.25) is 0 Å². The van der Waals surface area contributed by atoms with E-state index in [0.29, 0.717) is 23.9 Å². The number of halogens is 3. The second kappa shape index (κ2) is 11.7. The minimum Gasteiger partial charge on any atom is -0.375 e. The zero-order valence-electron chi connectivity index (χ0n) is 16.7. The van der Waals surface area contributed by atoms with Gasteiger partial charge in [0.15, 0.2) is 17.5 Å². The molecule has 1 aliphatic rings. The molecule has 0 radical (unpaired) electrons. The van der Waals surface area contributed by atoms with Crippen molar-refractivity contribution in [2.24, 2.45) is 5.92 Å². The van der Waals surface area contributed by atoms with Crippen molar-refractivity contribution in [1.82, 2.24) is 10.3 Å². The number of unbranched alkanes of at least 4 members (excludes halogenated alkanes) is 3. The Morgan fingerprint density at radius 3 is 2.83 bits per heavy atom. The van der Waals surface area contributed by atoms with Gasteiger partial charge in [-0.15, -0.1) is 11.3 Å². The molecule has 1 aromatic heterocycles. The molecule has 0 bridgehead atoms. The summed E-state index contributed by atoms with van der Waals surface area (Å²) in [7, 11) is 0. The summed E-state index contributed by atoms with van der Waals surface area (Å²) in [6.45, 7) is 3.35. The summed E-state index contributed by atoms with van der Waals surface area (Å²) in [6.07, 6.45) is 10.0. The summed E-state index contributed by atoms with van der Waals surface area (Å²) in [6, 6.07) is 2.13. The van der Waals surface area contributed by atoms with E-state index in [0.717, 1.165) is 24.8 Å². The number of hydrogen-bond donors (Lipinski definition) is 1. The standard InChI is InChI=1S/C22H29F3N2OS/c23-19-10-9-18(20(24)21(19)25)22-27-17(15-29-22)14-28-12-6-2-1-3-7-16-8-4-5-11-26-13-16/h9-10,15-16,26H,1-8,11-14H2. The van der Waals surface area contributed by atoms with Crippen molar-refractivity contribution in [3.8, 4) is 10.6 Å². The number of nitrogens with one attached hydrogen (secondary N) is 1. The van der Waals surface area contributed by atoms with E-state index in [1.807, 2.05) is 0 Å². The average Bonchev–Trinajstić information content (AvgIpc) is 3.02. The van der Waals surface area contributed by atoms with Crippen molar-refractivity contribution in [3.05, 3.63) is 40.7 Å². The zero-order chi connectivity index (χ0) is 20.5. The molecule has 0 aliphatic carbocycles. The highest BCUT2D eigenvalue weighted by Gasteiger charge is 2.17. The molecule has 2 heterocycles. The van der Waals surface area contributed by atoms with Crippen molar-refractivity contribution in [3.63, 3.8) is 0 Å². The van der Waals surface area contributed by atoms with Gasteiger partial charge in [-0.1, -0.05) is 25.7 Å². The maximum absolute atomic E-state index is 13.9. The van der Waals surface area contributed by atoms with Crippen LogP contribution in [-0.2, 0) is 11.3 Å². The van der Waals surface area contributed by atoms with Crippen LogP contribution in [0.3, 0.4) is 0 Å². The second-order valence-electron chi connectivity index (χ2n) is 7.69. The first-order valence-electron chi connectivity index (χ1n) is 10.5. The molecule has 2 aromatic rings. The molecule has 3 nitrogen and oxygen atoms in total. The monoisotopic (exact) mass is 426 g/mol. The van der Waals surface area contributed by atoms with E-state index in [1.54, 1.807) is 5.38 Å². The fourth-order valence-corrected chi connectivity index (χ4v) is 4.52. The van der Waals surface area contributed by atoms with Gasteiger partial charge in [0.2, 0.25) is 0 Å². The number of hydrogen-bond acceptors (Lipinski definition) is 4. The largest absolute Gasteiger partial charge is 0.375 e. The van der Waals surface area contributed by atoms with Gasteiger partial charge in [0.05, 0.1) is 12.3 Å². The number of nitrogens with zero attached hydrogens (tertiary/aromatic N) is 1. The first kappa shape index (κ1) is 22.2. The lowest BCUT2D eigenvalue weighted by atomic mass is 9.96. The highest BCUT2D eigenvalue weighted by molar-refractivity contribution is 7.13. The van der Waals surface area contributed by atoms with Crippen LogP contribution < -0.4 is 5.32 Å². The Labute approximate surface area is 174 Å². The highest BCUT2D eigenvalue weighted by Crippen LogP contribution is 2.29. The first-order chi connectivity index (χ1) is 14.1. The highest BCUT2D eigenvalue weighted by atomic mass is 32.1. The van der Waals surface area contributed by atoms with Crippen LogP contribution >= 0.6 is 11.3 Å². The molecule has 1 fully saturated rings. The molecule has 0 spiro atoms. The van der Waals surface area contributed by atoms with Crippen LogP contribution in [0.15, 0.2) is 17.5 Å². The smallest absolute Gasteiger partial charge is 0.195 e. The number of thiazole rings is 1. The Kier molecular flexibility index (Phi) is 8.95. The van der Waals surface area contributed by atoms with E-state index < -0.39 is 17.5 Å². The molecule has 7 heteroatoms. The summed E-state index contributed by atoms with van der Waals surface area (Å²) in [4.78, 5) is 4.28. The molecule has 3 rings (SSSR count). The molecule has 1 aromatic carbocycles. The molecule has 1 saturated heterocycles. The molecular formula is C22H29F3N2OS. The van der Waals surface area contributed by atoms with E-state index >= 15 is 0 Å². The van der Waals surface area contributed by atoms with E-state index in [-0.39, 0.29) is 5.56 Å². The third-order valence-electron chi connectivity index (χ3n) is 5.37. The van der Waals surface area contributed by atoms with Crippen LogP contribution in [0.5, 0.6) is 0 Å². The molecule has 1 aliphatic heterocycles. The predicted molar refractivity (Wildman–Crippen MR) is 110 cm³/mol. The van der Waals surface area contributed by atoms with E-state index in [2.05, 4.69) is 10.3 Å². The molecule has 160 valence electrons. The Morgan fingerprint density at radius 2 is 1.93 bits per heavy atom. The lowest BCUT2D eigenvalue weighted by Gasteiger charge is -2.13. The van der Waals surface area contributed by atoms with E-state index in [4.69, 9.17) is 4.74 Å². The van der Waals surface area contributed by atoms with Crippen LogP contribution in [-0.4, -0.2) is 24.7 Å². The van der Waals surface area contributed by atoms with Gasteiger partial charge in [0.1, 0.15) is 5.01 Å². The predicted octanol–water partition coefficient (Wildman–Crippen LogP) is 6.08. The van der Waals surface area contributed by atoms with Crippen LogP contribution in [0.4, 0.5) is 13.2 Å². The average molecular weight is 427 g/mol. The number of aromatic nitrogens is 1. The maximum atomic E-state index is 13.9. The SMILES string of the molecule is Fc1ccc(-c2nc(COCCCCCCC3CCCCNC3)cs2)c(F)c1F. The summed E-state index contributed by atoms with van der Waals surface area (Å²) >= 11 is 1.20. The molecule has 1 atom stereocenters. The first-order valence-corrected chi connectivity index (χ1v) is 11.4. The zero-order valence-corrected chi connectivity index (χ0v) is 17.5. The number of ether oxygens (including phenoxy) is 1. The summed E-state index contributed by atoms with van der Waals surface area (Å²) in [5.74, 6) is -3.03. The number of benzene rings is 1. The molecule has 1 unspecified atom stereocenters. The Morgan fingerprint density at radius 1 is 1.07 bits per heavy atom. The van der Waals surface area contributed by atoms with Crippen molar-refractivity contribution < 1.29 is 17.9 Å². The van der Waals surface area contributed by atoms with Crippen LogP contribution in [0.2, 0.25) is 0 Å².